The fourth-order valence-electron chi connectivity index (χ4n) is 6.92. The first-order valence-electron chi connectivity index (χ1n) is 12.8. The fraction of sp³-hybridized carbons (Fsp3) is 0.630. The van der Waals surface area contributed by atoms with Crippen LogP contribution in [-0.2, 0) is 11.3 Å². The topological polar surface area (TPSA) is 70.7 Å². The molecule has 2 aliphatic heterocycles. The maximum atomic E-state index is 13.9. The number of amides is 2. The summed E-state index contributed by atoms with van der Waals surface area (Å²) in [7, 11) is 0. The number of ether oxygens (including phenoxy) is 1. The molecule has 5 fully saturated rings. The Hall–Kier alpha value is -2.41. The predicted molar refractivity (Wildman–Crippen MR) is 126 cm³/mol. The van der Waals surface area contributed by atoms with E-state index in [0.717, 1.165) is 37.1 Å². The van der Waals surface area contributed by atoms with Crippen LogP contribution in [0.5, 0.6) is 5.75 Å². The van der Waals surface area contributed by atoms with E-state index in [-0.39, 0.29) is 29.4 Å². The maximum absolute atomic E-state index is 13.9. The zero-order valence-electron chi connectivity index (χ0n) is 19.7. The molecule has 6 aliphatic rings. The summed E-state index contributed by atoms with van der Waals surface area (Å²) >= 11 is 0. The first-order valence-corrected chi connectivity index (χ1v) is 12.8. The molecule has 7 heteroatoms. The van der Waals surface area contributed by atoms with E-state index in [2.05, 4.69) is 17.2 Å². The molecule has 4 saturated carbocycles. The smallest absolute Gasteiger partial charge is 0.255 e. The Morgan fingerprint density at radius 2 is 1.94 bits per heavy atom. The number of nitrogens with one attached hydrogen (secondary N) is 2. The number of hydrogen-bond donors (Lipinski definition) is 2. The molecule has 7 rings (SSSR count). The zero-order valence-corrected chi connectivity index (χ0v) is 19.7. The number of allylic oxidation sites excluding steroid dienone is 1. The van der Waals surface area contributed by atoms with Crippen molar-refractivity contribution in [3.8, 4) is 5.75 Å². The minimum atomic E-state index is -0.858. The third kappa shape index (κ3) is 3.82. The summed E-state index contributed by atoms with van der Waals surface area (Å²) in [6, 6.07) is 5.51. The summed E-state index contributed by atoms with van der Waals surface area (Å²) < 4.78 is 20.4. The van der Waals surface area contributed by atoms with Crippen LogP contribution in [0.2, 0.25) is 0 Å². The molecule has 2 amide bonds. The number of piperidine rings is 1. The first kappa shape index (κ1) is 22.1. The molecule has 1 saturated heterocycles. The van der Waals surface area contributed by atoms with Crippen molar-refractivity contribution in [1.29, 1.82) is 0 Å². The molecular formula is C27H34FN3O3. The van der Waals surface area contributed by atoms with Crippen molar-refractivity contribution in [3.05, 3.63) is 41.6 Å². The highest BCUT2D eigenvalue weighted by Gasteiger charge is 2.68. The molecule has 0 aromatic heterocycles. The van der Waals surface area contributed by atoms with Gasteiger partial charge in [0.25, 0.3) is 5.91 Å². The van der Waals surface area contributed by atoms with E-state index >= 15 is 0 Å². The molecule has 2 heterocycles. The Kier molecular flexibility index (Phi) is 5.24. The van der Waals surface area contributed by atoms with Crippen LogP contribution in [-0.4, -0.2) is 47.1 Å². The molecule has 182 valence electrons. The molecular weight excluding hydrogens is 433 g/mol. The lowest BCUT2D eigenvalue weighted by Gasteiger charge is -2.66. The number of rotatable bonds is 6. The van der Waals surface area contributed by atoms with Crippen LogP contribution in [0.1, 0.15) is 80.1 Å². The van der Waals surface area contributed by atoms with Gasteiger partial charge in [0.2, 0.25) is 5.91 Å². The number of carbonyl (C=O) groups is 2. The van der Waals surface area contributed by atoms with Crippen LogP contribution >= 0.6 is 0 Å². The summed E-state index contributed by atoms with van der Waals surface area (Å²) in [6.07, 6.45) is 9.10. The van der Waals surface area contributed by atoms with E-state index in [0.29, 0.717) is 49.9 Å². The molecule has 6 nitrogen and oxygen atoms in total. The maximum Gasteiger partial charge on any atom is 0.255 e. The highest BCUT2D eigenvalue weighted by atomic mass is 19.1. The highest BCUT2D eigenvalue weighted by molar-refractivity contribution is 6.01. The van der Waals surface area contributed by atoms with Gasteiger partial charge in [-0.3, -0.25) is 9.59 Å². The van der Waals surface area contributed by atoms with Crippen LogP contribution in [0.25, 0.3) is 0 Å². The number of hydrogen-bond acceptors (Lipinski definition) is 4. The number of carbonyl (C=O) groups excluding carboxylic acids is 2. The van der Waals surface area contributed by atoms with Crippen LogP contribution in [0.4, 0.5) is 4.39 Å². The van der Waals surface area contributed by atoms with E-state index in [9.17, 15) is 14.0 Å². The molecule has 4 aliphatic carbocycles. The molecule has 1 aromatic carbocycles. The van der Waals surface area contributed by atoms with Gasteiger partial charge in [-0.25, -0.2) is 4.39 Å². The van der Waals surface area contributed by atoms with Gasteiger partial charge in [0.15, 0.2) is 0 Å². The molecule has 0 spiro atoms. The molecule has 2 bridgehead atoms. The normalized spacial score (nSPS) is 36.8. The van der Waals surface area contributed by atoms with Gasteiger partial charge in [-0.2, -0.15) is 0 Å². The monoisotopic (exact) mass is 467 g/mol. The van der Waals surface area contributed by atoms with Gasteiger partial charge in [-0.1, -0.05) is 19.4 Å². The number of alkyl halides is 1. The Balaban J connectivity index is 1.12. The van der Waals surface area contributed by atoms with Crippen molar-refractivity contribution in [2.75, 3.05) is 6.54 Å². The van der Waals surface area contributed by atoms with Crippen molar-refractivity contribution in [3.63, 3.8) is 0 Å². The molecule has 1 unspecified atom stereocenters. The second-order valence-electron chi connectivity index (χ2n) is 11.4. The largest absolute Gasteiger partial charge is 0.489 e. The summed E-state index contributed by atoms with van der Waals surface area (Å²) in [5.74, 6) is 0.540. The number of benzene rings is 1. The Bertz CT molecular complexity index is 1020. The Morgan fingerprint density at radius 1 is 1.15 bits per heavy atom. The Morgan fingerprint density at radius 3 is 2.71 bits per heavy atom. The number of fused-ring (bicyclic) bond motifs is 1. The summed E-state index contributed by atoms with van der Waals surface area (Å²) in [5, 5.41) is 6.53. The summed E-state index contributed by atoms with van der Waals surface area (Å²) in [6.45, 7) is 5.14. The van der Waals surface area contributed by atoms with E-state index in [4.69, 9.17) is 4.74 Å². The molecule has 34 heavy (non-hydrogen) atoms. The second kappa shape index (κ2) is 8.08. The van der Waals surface area contributed by atoms with Crippen molar-refractivity contribution < 1.29 is 18.7 Å². The van der Waals surface area contributed by atoms with Crippen LogP contribution in [0.15, 0.2) is 30.5 Å². The van der Waals surface area contributed by atoms with Gasteiger partial charge >= 0.3 is 0 Å². The van der Waals surface area contributed by atoms with E-state index < -0.39 is 11.7 Å². The van der Waals surface area contributed by atoms with Crippen molar-refractivity contribution in [1.82, 2.24) is 15.5 Å². The average Bonchev–Trinajstić information content (AvgIpc) is 2.92. The SMILES string of the molecule is C=C1CCC(N2Cc3cc(O[C@H]4CCCCC[C@H]4NCC45CC(F)(C4)C5)ccc3C2=O)C(=O)N1. The second-order valence-corrected chi connectivity index (χ2v) is 11.4. The number of nitrogens with zero attached hydrogens (tertiary/aromatic N) is 1. The molecule has 0 radical (unpaired) electrons. The summed E-state index contributed by atoms with van der Waals surface area (Å²) in [5.41, 5.74) is 1.61. The van der Waals surface area contributed by atoms with Gasteiger partial charge in [0, 0.05) is 30.4 Å². The van der Waals surface area contributed by atoms with Crippen molar-refractivity contribution >= 4 is 11.8 Å². The fourth-order valence-corrected chi connectivity index (χ4v) is 6.92. The van der Waals surface area contributed by atoms with Gasteiger partial charge in [0.05, 0.1) is 0 Å². The van der Waals surface area contributed by atoms with Gasteiger partial charge < -0.3 is 20.3 Å². The minimum Gasteiger partial charge on any atom is -0.489 e. The highest BCUT2D eigenvalue weighted by Crippen LogP contribution is 2.69. The standard InChI is InChI=1S/C27H34FN3O3/c1-17-7-10-22(24(32)30-17)31-12-18-11-19(8-9-20(18)25(31)33)34-23-6-4-2-3-5-21(23)29-16-26-13-27(28,14-26)15-26/h8-9,11,21-23,29H,1-7,10,12-16H2,(H,30,32)/t21-,22?,23+,26?,27?/m1/s1. The quantitative estimate of drug-likeness (QED) is 0.621. The van der Waals surface area contributed by atoms with E-state index in [1.807, 2.05) is 18.2 Å². The lowest BCUT2D eigenvalue weighted by molar-refractivity contribution is -0.211. The van der Waals surface area contributed by atoms with Gasteiger partial charge in [-0.15, -0.1) is 0 Å². The molecule has 1 aromatic rings. The lowest BCUT2D eigenvalue weighted by atomic mass is 9.42. The predicted octanol–water partition coefficient (Wildman–Crippen LogP) is 4.00. The zero-order chi connectivity index (χ0) is 23.5. The summed E-state index contributed by atoms with van der Waals surface area (Å²) in [4.78, 5) is 27.1. The Labute approximate surface area is 200 Å². The van der Waals surface area contributed by atoms with Crippen LogP contribution in [0.3, 0.4) is 0 Å². The van der Waals surface area contributed by atoms with E-state index in [1.165, 1.54) is 12.8 Å². The van der Waals surface area contributed by atoms with Crippen molar-refractivity contribution in [2.45, 2.75) is 94.6 Å². The first-order chi connectivity index (χ1) is 16.3. The van der Waals surface area contributed by atoms with Crippen LogP contribution in [0, 0.1) is 5.41 Å². The van der Waals surface area contributed by atoms with Gasteiger partial charge in [0.1, 0.15) is 23.6 Å². The average molecular weight is 468 g/mol. The molecule has 3 atom stereocenters. The minimum absolute atomic E-state index is 0.0654. The van der Waals surface area contributed by atoms with Crippen molar-refractivity contribution in [2.24, 2.45) is 5.41 Å². The van der Waals surface area contributed by atoms with E-state index in [1.54, 1.807) is 4.90 Å². The molecule has 2 N–H and O–H groups in total. The number of halogens is 1. The van der Waals surface area contributed by atoms with Gasteiger partial charge in [-0.05, 0) is 80.5 Å². The third-order valence-electron chi connectivity index (χ3n) is 8.66. The third-order valence-corrected chi connectivity index (χ3v) is 8.66. The lowest BCUT2D eigenvalue weighted by Crippen LogP contribution is -2.68. The van der Waals surface area contributed by atoms with Crippen LogP contribution < -0.4 is 15.4 Å².